The van der Waals surface area contributed by atoms with E-state index in [1.807, 2.05) is 36.4 Å². The van der Waals surface area contributed by atoms with E-state index < -0.39 is 8.07 Å². The summed E-state index contributed by atoms with van der Waals surface area (Å²) in [5.74, 6) is 1.45. The molecule has 321 valence electrons. The average Bonchev–Trinajstić information content (AvgIpc) is 3.86. The van der Waals surface area contributed by atoms with Crippen molar-refractivity contribution < 1.29 is 24.5 Å². The molecule has 1 radical (unpaired) electrons. The molecular formula is C57H52IrN4OSi-2. The van der Waals surface area contributed by atoms with Crippen LogP contribution in [0, 0.1) is 38.8 Å². The summed E-state index contributed by atoms with van der Waals surface area (Å²) in [6, 6.07) is 57.0. The minimum absolute atomic E-state index is 0. The first-order valence-electron chi connectivity index (χ1n) is 21.9. The van der Waals surface area contributed by atoms with Gasteiger partial charge in [0.25, 0.3) is 0 Å². The van der Waals surface area contributed by atoms with E-state index in [-0.39, 0.29) is 20.1 Å². The second-order valence-electron chi connectivity index (χ2n) is 18.0. The Balaban J connectivity index is 0.000000225. The summed E-state index contributed by atoms with van der Waals surface area (Å²) in [6.45, 7) is 18.1. The number of pyridine rings is 2. The van der Waals surface area contributed by atoms with Crippen LogP contribution in [0.3, 0.4) is 0 Å². The number of para-hydroxylation sites is 3. The maximum absolute atomic E-state index is 6.67. The third kappa shape index (κ3) is 8.68. The van der Waals surface area contributed by atoms with Crippen LogP contribution in [-0.2, 0) is 26.5 Å². The van der Waals surface area contributed by atoms with Crippen molar-refractivity contribution in [3.05, 3.63) is 186 Å². The van der Waals surface area contributed by atoms with Crippen LogP contribution in [0.2, 0.25) is 19.6 Å². The minimum atomic E-state index is -1.34. The Morgan fingerprint density at radius 2 is 1.42 bits per heavy atom. The van der Waals surface area contributed by atoms with Gasteiger partial charge < -0.3 is 14.0 Å². The molecule has 10 rings (SSSR count). The van der Waals surface area contributed by atoms with Crippen LogP contribution in [-0.4, -0.2) is 27.6 Å². The number of aromatic nitrogens is 4. The van der Waals surface area contributed by atoms with Gasteiger partial charge in [-0.05, 0) is 84.1 Å². The largest absolute Gasteiger partial charge is 0.486 e. The molecule has 0 unspecified atom stereocenters. The number of aryl methyl sites for hydroxylation is 3. The number of hydrogen-bond donors (Lipinski definition) is 0. The fourth-order valence-electron chi connectivity index (χ4n) is 8.84. The van der Waals surface area contributed by atoms with E-state index in [0.29, 0.717) is 11.6 Å². The van der Waals surface area contributed by atoms with Crippen LogP contribution in [0.15, 0.2) is 156 Å². The van der Waals surface area contributed by atoms with Crippen molar-refractivity contribution in [2.75, 3.05) is 0 Å². The van der Waals surface area contributed by atoms with E-state index in [0.717, 1.165) is 90.1 Å². The molecule has 0 aliphatic heterocycles. The predicted octanol–water partition coefficient (Wildman–Crippen LogP) is 14.3. The van der Waals surface area contributed by atoms with E-state index in [1.54, 1.807) is 0 Å². The molecule has 0 fully saturated rings. The molecule has 0 saturated heterocycles. The zero-order valence-corrected chi connectivity index (χ0v) is 41.1. The molecule has 0 atom stereocenters. The Kier molecular flexibility index (Phi) is 12.8. The number of benzene rings is 6. The molecule has 0 bridgehead atoms. The molecule has 0 saturated carbocycles. The molecule has 0 N–H and O–H groups in total. The van der Waals surface area contributed by atoms with Crippen LogP contribution in [0.5, 0.6) is 0 Å². The summed E-state index contributed by atoms with van der Waals surface area (Å²) in [6.07, 6.45) is 3.24. The average molecular weight is 1030 g/mol. The van der Waals surface area contributed by atoms with Gasteiger partial charge >= 0.3 is 0 Å². The summed E-state index contributed by atoms with van der Waals surface area (Å²) in [7, 11) is -1.34. The molecular weight excluding hydrogens is 977 g/mol. The van der Waals surface area contributed by atoms with Crippen molar-refractivity contribution in [1.29, 1.82) is 0 Å². The molecule has 64 heavy (non-hydrogen) atoms. The SMILES string of the molecule is CC(C)Cc1cc(-c2[c-]cccc2)ncc1[Si](C)(C)C.Cc1cccc(C)c1-c1ccc2c(n1)oc1c(-c3nc4ccccc4n3-c3ccccc3-c3ccccc3)[c-]cc(C)c12.[Ir]. The second-order valence-corrected chi connectivity index (χ2v) is 23.0. The van der Waals surface area contributed by atoms with Crippen LogP contribution < -0.4 is 5.19 Å². The summed E-state index contributed by atoms with van der Waals surface area (Å²) >= 11 is 0. The first kappa shape index (κ1) is 44.4. The Labute approximate surface area is 391 Å². The van der Waals surface area contributed by atoms with Gasteiger partial charge in [-0.15, -0.1) is 53.6 Å². The molecule has 4 aromatic heterocycles. The second kappa shape index (κ2) is 18.5. The van der Waals surface area contributed by atoms with Crippen molar-refractivity contribution in [2.45, 2.75) is 60.7 Å². The maximum Gasteiger partial charge on any atom is 0.216 e. The first-order chi connectivity index (χ1) is 30.5. The van der Waals surface area contributed by atoms with Crippen LogP contribution in [0.4, 0.5) is 0 Å². The fraction of sp³-hybridized carbons (Fsp3) is 0.175. The number of hydrogen-bond acceptors (Lipinski definition) is 4. The Bertz CT molecular complexity index is 3230. The Hall–Kier alpha value is -6.24. The van der Waals surface area contributed by atoms with E-state index in [4.69, 9.17) is 14.4 Å². The maximum atomic E-state index is 6.67. The Morgan fingerprint density at radius 3 is 2.16 bits per heavy atom. The smallest absolute Gasteiger partial charge is 0.216 e. The van der Waals surface area contributed by atoms with Crippen LogP contribution >= 0.6 is 0 Å². The van der Waals surface area contributed by atoms with Crippen molar-refractivity contribution >= 4 is 46.4 Å². The van der Waals surface area contributed by atoms with Crippen molar-refractivity contribution in [3.63, 3.8) is 0 Å². The standard InChI is InChI=1S/C39H28N3O.C18H24NSi.Ir/c1-24-12-11-13-25(2)35(24)32-23-22-29-36-26(3)20-21-30(37(36)43-39(29)41-32)38-40-31-17-8-10-19-34(31)42(38)33-18-9-7-16-28(33)27-14-5-4-6-15-27;1-14(2)11-16-12-17(15-9-7-6-8-10-15)19-13-18(16)20(3,4)5;/h4-20,22-23H,1-3H3;6-9,12-14H,11H2,1-5H3;/q2*-1;. The summed E-state index contributed by atoms with van der Waals surface area (Å²) < 4.78 is 8.90. The molecule has 0 aliphatic carbocycles. The van der Waals surface area contributed by atoms with Crippen molar-refractivity contribution in [1.82, 2.24) is 19.5 Å². The van der Waals surface area contributed by atoms with Gasteiger partial charge in [0.05, 0.1) is 36.2 Å². The quantitative estimate of drug-likeness (QED) is 0.112. The van der Waals surface area contributed by atoms with Crippen molar-refractivity contribution in [2.24, 2.45) is 5.92 Å². The molecule has 0 aliphatic rings. The third-order valence-corrected chi connectivity index (χ3v) is 13.8. The molecule has 6 aromatic carbocycles. The van der Waals surface area contributed by atoms with Crippen LogP contribution in [0.25, 0.3) is 83.8 Å². The normalized spacial score (nSPS) is 11.5. The number of fused-ring (bicyclic) bond motifs is 4. The molecule has 10 aromatic rings. The molecule has 7 heteroatoms. The van der Waals surface area contributed by atoms with Gasteiger partial charge in [-0.2, -0.15) is 0 Å². The molecule has 0 spiro atoms. The third-order valence-electron chi connectivity index (χ3n) is 11.8. The zero-order chi connectivity index (χ0) is 43.8. The minimum Gasteiger partial charge on any atom is -0.486 e. The van der Waals surface area contributed by atoms with Crippen molar-refractivity contribution in [3.8, 4) is 50.7 Å². The summed E-state index contributed by atoms with van der Waals surface area (Å²) in [5.41, 5.74) is 16.6. The topological polar surface area (TPSA) is 56.7 Å². The van der Waals surface area contributed by atoms with Gasteiger partial charge in [0.15, 0.2) is 0 Å². The van der Waals surface area contributed by atoms with E-state index in [9.17, 15) is 0 Å². The molecule has 5 nitrogen and oxygen atoms in total. The number of rotatable bonds is 8. The fourth-order valence-corrected chi connectivity index (χ4v) is 10.4. The predicted molar refractivity (Wildman–Crippen MR) is 266 cm³/mol. The molecule has 4 heterocycles. The van der Waals surface area contributed by atoms with E-state index in [1.165, 1.54) is 21.9 Å². The zero-order valence-electron chi connectivity index (χ0n) is 37.7. The number of furan rings is 1. The number of nitrogens with zero attached hydrogens (tertiary/aromatic N) is 4. The van der Waals surface area contributed by atoms with E-state index >= 15 is 0 Å². The Morgan fingerprint density at radius 1 is 0.703 bits per heavy atom. The van der Waals surface area contributed by atoms with E-state index in [2.05, 4.69) is 191 Å². The van der Waals surface area contributed by atoms with Crippen LogP contribution in [0.1, 0.15) is 36.1 Å². The van der Waals surface area contributed by atoms with Gasteiger partial charge in [-0.25, -0.2) is 4.98 Å². The van der Waals surface area contributed by atoms with Gasteiger partial charge in [0.2, 0.25) is 5.71 Å². The van der Waals surface area contributed by atoms with Gasteiger partial charge in [-0.1, -0.05) is 142 Å². The van der Waals surface area contributed by atoms with Gasteiger partial charge in [0, 0.05) is 48.5 Å². The summed E-state index contributed by atoms with van der Waals surface area (Å²) in [5, 5.41) is 3.52. The molecule has 0 amide bonds. The van der Waals surface area contributed by atoms with Gasteiger partial charge in [-0.3, -0.25) is 4.98 Å². The monoisotopic (exact) mass is 1030 g/mol. The first-order valence-corrected chi connectivity index (χ1v) is 25.4. The number of imidazole rings is 1. The van der Waals surface area contributed by atoms with Gasteiger partial charge in [0.1, 0.15) is 0 Å². The summed E-state index contributed by atoms with van der Waals surface area (Å²) in [4.78, 5) is 14.9.